The Balaban J connectivity index is 1.39. The topological polar surface area (TPSA) is 120 Å². The SMILES string of the molecule is C[C@@H](Oc1ccc(C(=O)NS(=O)(=O)c2ccc(OCCN(C)C)cc2)c(F)c1F)c1ccc(Oc2ccccn2)cn1. The molecule has 0 aliphatic heterocycles. The van der Waals surface area contributed by atoms with Gasteiger partial charge in [-0.2, -0.15) is 4.39 Å². The van der Waals surface area contributed by atoms with Crippen molar-refractivity contribution in [2.75, 3.05) is 27.2 Å². The molecule has 2 aromatic carbocycles. The van der Waals surface area contributed by atoms with E-state index < -0.39 is 45.0 Å². The van der Waals surface area contributed by atoms with E-state index in [-0.39, 0.29) is 4.90 Å². The van der Waals surface area contributed by atoms with Gasteiger partial charge in [-0.15, -0.1) is 0 Å². The molecule has 220 valence electrons. The summed E-state index contributed by atoms with van der Waals surface area (Å²) in [7, 11) is -0.612. The number of sulfonamides is 1. The molecule has 0 aliphatic carbocycles. The van der Waals surface area contributed by atoms with Gasteiger partial charge in [-0.3, -0.25) is 9.78 Å². The van der Waals surface area contributed by atoms with Crippen molar-refractivity contribution in [3.8, 4) is 23.1 Å². The third kappa shape index (κ3) is 7.77. The fourth-order valence-electron chi connectivity index (χ4n) is 3.57. The number of nitrogens with zero attached hydrogens (tertiary/aromatic N) is 3. The second-order valence-corrected chi connectivity index (χ2v) is 10.9. The first-order chi connectivity index (χ1) is 20.0. The van der Waals surface area contributed by atoms with Gasteiger partial charge in [0.2, 0.25) is 11.7 Å². The molecule has 0 bridgehead atoms. The second-order valence-electron chi connectivity index (χ2n) is 9.25. The van der Waals surface area contributed by atoms with Gasteiger partial charge < -0.3 is 19.1 Å². The van der Waals surface area contributed by atoms with Gasteiger partial charge in [0.05, 0.1) is 22.3 Å². The Morgan fingerprint density at radius 1 is 0.952 bits per heavy atom. The molecule has 1 atom stereocenters. The van der Waals surface area contributed by atoms with Crippen LogP contribution in [0.25, 0.3) is 0 Å². The van der Waals surface area contributed by atoms with Crippen LogP contribution in [0, 0.1) is 11.6 Å². The minimum absolute atomic E-state index is 0.255. The zero-order chi connectivity index (χ0) is 30.3. The number of carbonyl (C=O) groups is 1. The number of benzene rings is 2. The minimum Gasteiger partial charge on any atom is -0.492 e. The standard InChI is InChI=1S/C29H28F2N4O6S/c1-19(24-13-9-21(18-33-24)41-26-6-4-5-15-32-26)40-25-14-12-23(27(30)28(25)31)29(36)34-42(37,38)22-10-7-20(8-11-22)39-17-16-35(2)3/h4-15,18-19H,16-17H2,1-3H3,(H,34,36)/t19-/m1/s1. The van der Waals surface area contributed by atoms with Crippen molar-refractivity contribution in [3.63, 3.8) is 0 Å². The summed E-state index contributed by atoms with van der Waals surface area (Å²) < 4.78 is 73.5. The zero-order valence-corrected chi connectivity index (χ0v) is 23.8. The fraction of sp³-hybridized carbons (Fsp3) is 0.207. The van der Waals surface area contributed by atoms with E-state index in [4.69, 9.17) is 14.2 Å². The first-order valence-corrected chi connectivity index (χ1v) is 14.2. The maximum atomic E-state index is 14.9. The molecule has 4 aromatic rings. The molecule has 13 heteroatoms. The molecule has 0 aliphatic rings. The summed E-state index contributed by atoms with van der Waals surface area (Å²) in [6, 6.07) is 15.7. The molecule has 0 radical (unpaired) electrons. The summed E-state index contributed by atoms with van der Waals surface area (Å²) in [5.74, 6) is -3.63. The maximum absolute atomic E-state index is 14.9. The first kappa shape index (κ1) is 30.3. The molecule has 1 N–H and O–H groups in total. The molecule has 2 heterocycles. The Labute approximate surface area is 242 Å². The number of ether oxygens (including phenoxy) is 3. The number of hydrogen-bond donors (Lipinski definition) is 1. The summed E-state index contributed by atoms with van der Waals surface area (Å²) in [5.41, 5.74) is -0.418. The maximum Gasteiger partial charge on any atom is 0.268 e. The number of halogens is 2. The van der Waals surface area contributed by atoms with E-state index in [1.807, 2.05) is 19.0 Å². The van der Waals surface area contributed by atoms with E-state index in [0.717, 1.165) is 12.1 Å². The van der Waals surface area contributed by atoms with Gasteiger partial charge in [0.15, 0.2) is 11.6 Å². The van der Waals surface area contributed by atoms with E-state index >= 15 is 0 Å². The number of nitrogens with one attached hydrogen (secondary N) is 1. The predicted octanol–water partition coefficient (Wildman–Crippen LogP) is 4.75. The quantitative estimate of drug-likeness (QED) is 0.246. The van der Waals surface area contributed by atoms with Gasteiger partial charge in [0, 0.05) is 18.8 Å². The molecular formula is C29H28F2N4O6S. The molecule has 0 saturated carbocycles. The van der Waals surface area contributed by atoms with Crippen LogP contribution in [0.1, 0.15) is 29.1 Å². The Bertz CT molecular complexity index is 1620. The van der Waals surface area contributed by atoms with Crippen molar-refractivity contribution in [3.05, 3.63) is 102 Å². The highest BCUT2D eigenvalue weighted by Gasteiger charge is 2.25. The van der Waals surface area contributed by atoms with Gasteiger partial charge in [-0.25, -0.2) is 22.5 Å². The van der Waals surface area contributed by atoms with Crippen LogP contribution >= 0.6 is 0 Å². The lowest BCUT2D eigenvalue weighted by atomic mass is 10.1. The van der Waals surface area contributed by atoms with Crippen LogP contribution in [-0.2, 0) is 10.0 Å². The van der Waals surface area contributed by atoms with Crippen molar-refractivity contribution in [1.82, 2.24) is 19.6 Å². The van der Waals surface area contributed by atoms with Crippen LogP contribution in [0.5, 0.6) is 23.1 Å². The normalized spacial score (nSPS) is 12.0. The van der Waals surface area contributed by atoms with Gasteiger partial charge in [0.1, 0.15) is 24.2 Å². The molecule has 4 rings (SSSR count). The van der Waals surface area contributed by atoms with Gasteiger partial charge >= 0.3 is 0 Å². The van der Waals surface area contributed by atoms with E-state index in [0.29, 0.717) is 36.2 Å². The summed E-state index contributed by atoms with van der Waals surface area (Å²) >= 11 is 0. The summed E-state index contributed by atoms with van der Waals surface area (Å²) in [6.45, 7) is 2.63. The van der Waals surface area contributed by atoms with Crippen molar-refractivity contribution >= 4 is 15.9 Å². The number of carbonyl (C=O) groups excluding carboxylic acids is 1. The van der Waals surface area contributed by atoms with Crippen molar-refractivity contribution in [2.24, 2.45) is 0 Å². The van der Waals surface area contributed by atoms with E-state index in [2.05, 4.69) is 9.97 Å². The fourth-order valence-corrected chi connectivity index (χ4v) is 4.53. The summed E-state index contributed by atoms with van der Waals surface area (Å²) in [5, 5.41) is 0. The van der Waals surface area contributed by atoms with E-state index in [1.165, 1.54) is 30.5 Å². The van der Waals surface area contributed by atoms with E-state index in [9.17, 15) is 22.0 Å². The van der Waals surface area contributed by atoms with E-state index in [1.54, 1.807) is 48.2 Å². The number of amides is 1. The minimum atomic E-state index is -4.38. The lowest BCUT2D eigenvalue weighted by Gasteiger charge is -2.16. The van der Waals surface area contributed by atoms with Crippen LogP contribution in [0.4, 0.5) is 8.78 Å². The molecular weight excluding hydrogens is 570 g/mol. The third-order valence-electron chi connectivity index (χ3n) is 5.80. The first-order valence-electron chi connectivity index (χ1n) is 12.7. The largest absolute Gasteiger partial charge is 0.492 e. The highest BCUT2D eigenvalue weighted by atomic mass is 32.2. The molecule has 0 spiro atoms. The van der Waals surface area contributed by atoms with Gasteiger partial charge in [0.25, 0.3) is 15.9 Å². The average molecular weight is 599 g/mol. The average Bonchev–Trinajstić information content (AvgIpc) is 2.96. The lowest BCUT2D eigenvalue weighted by molar-refractivity contribution is 0.0976. The number of rotatable bonds is 12. The number of pyridine rings is 2. The van der Waals surface area contributed by atoms with Crippen LogP contribution in [0.2, 0.25) is 0 Å². The van der Waals surface area contributed by atoms with Gasteiger partial charge in [-0.05, 0) is 75.6 Å². The predicted molar refractivity (Wildman–Crippen MR) is 149 cm³/mol. The Hall–Kier alpha value is -4.62. The van der Waals surface area contributed by atoms with Crippen molar-refractivity contribution < 1.29 is 36.2 Å². The molecule has 0 saturated heterocycles. The summed E-state index contributed by atoms with van der Waals surface area (Å²) in [4.78, 5) is 22.6. The second kappa shape index (κ2) is 13.4. The van der Waals surface area contributed by atoms with Crippen LogP contribution < -0.4 is 18.9 Å². The Kier molecular flexibility index (Phi) is 9.65. The monoisotopic (exact) mass is 598 g/mol. The smallest absolute Gasteiger partial charge is 0.268 e. The molecule has 0 unspecified atom stereocenters. The van der Waals surface area contributed by atoms with Crippen LogP contribution in [-0.4, -0.2) is 56.4 Å². The molecule has 2 aromatic heterocycles. The van der Waals surface area contributed by atoms with Crippen molar-refractivity contribution in [1.29, 1.82) is 0 Å². The third-order valence-corrected chi connectivity index (χ3v) is 7.15. The lowest BCUT2D eigenvalue weighted by Crippen LogP contribution is -2.31. The van der Waals surface area contributed by atoms with Crippen LogP contribution in [0.15, 0.2) is 84.0 Å². The van der Waals surface area contributed by atoms with Crippen molar-refractivity contribution in [2.45, 2.75) is 17.9 Å². The Morgan fingerprint density at radius 2 is 1.69 bits per heavy atom. The Morgan fingerprint density at radius 3 is 2.33 bits per heavy atom. The van der Waals surface area contributed by atoms with Gasteiger partial charge in [-0.1, -0.05) is 6.07 Å². The molecule has 1 amide bonds. The molecule has 0 fully saturated rings. The number of likely N-dealkylation sites (N-methyl/N-ethyl adjacent to an activating group) is 1. The number of aromatic nitrogens is 2. The molecule has 42 heavy (non-hydrogen) atoms. The highest BCUT2D eigenvalue weighted by molar-refractivity contribution is 7.90. The number of hydrogen-bond acceptors (Lipinski definition) is 9. The highest BCUT2D eigenvalue weighted by Crippen LogP contribution is 2.28. The zero-order valence-electron chi connectivity index (χ0n) is 23.0. The summed E-state index contributed by atoms with van der Waals surface area (Å²) in [6.07, 6.45) is 2.20. The molecule has 10 nitrogen and oxygen atoms in total. The van der Waals surface area contributed by atoms with Crippen LogP contribution in [0.3, 0.4) is 0 Å².